The molecule has 1 aromatic heterocycles. The van der Waals surface area contributed by atoms with Gasteiger partial charge in [-0.15, -0.1) is 12.6 Å². The van der Waals surface area contributed by atoms with Crippen LogP contribution < -0.4 is 5.32 Å². The molecule has 0 atom stereocenters. The predicted octanol–water partition coefficient (Wildman–Crippen LogP) is 3.00. The van der Waals surface area contributed by atoms with Gasteiger partial charge in [0.25, 0.3) is 5.91 Å². The highest BCUT2D eigenvalue weighted by molar-refractivity contribution is 7.80. The van der Waals surface area contributed by atoms with Gasteiger partial charge in [-0.25, -0.2) is 4.79 Å². The maximum Gasteiger partial charge on any atom is 0.384 e. The largest absolute Gasteiger partial charge is 0.451 e. The van der Waals surface area contributed by atoms with Gasteiger partial charge in [-0.3, -0.25) is 9.78 Å². The molecule has 0 unspecified atom stereocenters. The lowest BCUT2D eigenvalue weighted by Crippen LogP contribution is -2.23. The molecule has 5 nitrogen and oxygen atoms in total. The van der Waals surface area contributed by atoms with E-state index in [-0.39, 0.29) is 19.1 Å². The first-order chi connectivity index (χ1) is 13.1. The quantitative estimate of drug-likeness (QED) is 0.318. The molecule has 0 spiro atoms. The van der Waals surface area contributed by atoms with Gasteiger partial charge in [-0.05, 0) is 17.7 Å². The van der Waals surface area contributed by atoms with Crippen LogP contribution >= 0.6 is 12.6 Å². The number of nitrogens with zero attached hydrogens (tertiary/aromatic N) is 1. The van der Waals surface area contributed by atoms with Gasteiger partial charge in [-0.2, -0.15) is 0 Å². The average molecular weight is 376 g/mol. The zero-order valence-electron chi connectivity index (χ0n) is 14.3. The summed E-state index contributed by atoms with van der Waals surface area (Å²) in [6, 6.07) is 16.6. The Labute approximate surface area is 162 Å². The molecule has 6 heteroatoms. The van der Waals surface area contributed by atoms with Crippen molar-refractivity contribution in [2.75, 3.05) is 6.54 Å². The Bertz CT molecular complexity index is 1040. The summed E-state index contributed by atoms with van der Waals surface area (Å²) in [6.45, 7) is 0.195. The number of amides is 1. The lowest BCUT2D eigenvalue weighted by atomic mass is 10.1. The topological polar surface area (TPSA) is 68.3 Å². The number of para-hydroxylation sites is 1. The highest BCUT2D eigenvalue weighted by atomic mass is 32.1. The van der Waals surface area contributed by atoms with Crippen molar-refractivity contribution in [1.82, 2.24) is 10.3 Å². The summed E-state index contributed by atoms with van der Waals surface area (Å²) < 4.78 is 5.04. The van der Waals surface area contributed by atoms with Crippen molar-refractivity contribution in [2.24, 2.45) is 0 Å². The Morgan fingerprint density at radius 1 is 1.11 bits per heavy atom. The number of ether oxygens (including phenoxy) is 1. The molecule has 0 aliphatic heterocycles. The van der Waals surface area contributed by atoms with Crippen LogP contribution in [0.2, 0.25) is 0 Å². The Hall–Kier alpha value is -3.30. The summed E-state index contributed by atoms with van der Waals surface area (Å²) in [5.74, 6) is 3.97. The molecule has 1 heterocycles. The van der Waals surface area contributed by atoms with Gasteiger partial charge in [0, 0.05) is 22.4 Å². The first-order valence-corrected chi connectivity index (χ1v) is 8.64. The van der Waals surface area contributed by atoms with Gasteiger partial charge in [0.1, 0.15) is 6.61 Å². The highest BCUT2D eigenvalue weighted by Crippen LogP contribution is 2.20. The van der Waals surface area contributed by atoms with E-state index in [0.717, 1.165) is 21.4 Å². The number of fused-ring (bicyclic) bond motifs is 1. The van der Waals surface area contributed by atoms with Crippen LogP contribution in [-0.4, -0.2) is 23.4 Å². The molecule has 0 bridgehead atoms. The summed E-state index contributed by atoms with van der Waals surface area (Å²) in [7, 11) is 0. The van der Waals surface area contributed by atoms with Crippen LogP contribution in [-0.2, 0) is 16.1 Å². The third-order valence-electron chi connectivity index (χ3n) is 3.69. The van der Waals surface area contributed by atoms with Gasteiger partial charge in [0.2, 0.25) is 0 Å². The van der Waals surface area contributed by atoms with E-state index in [1.54, 1.807) is 6.07 Å². The first-order valence-electron chi connectivity index (χ1n) is 8.19. The normalized spacial score (nSPS) is 9.96. The molecule has 0 aliphatic carbocycles. The number of thiol groups is 1. The van der Waals surface area contributed by atoms with Crippen molar-refractivity contribution in [1.29, 1.82) is 0 Å². The maximum absolute atomic E-state index is 12.2. The number of pyridine rings is 1. The number of benzene rings is 2. The van der Waals surface area contributed by atoms with E-state index in [4.69, 9.17) is 4.74 Å². The van der Waals surface area contributed by atoms with Gasteiger partial charge in [0.15, 0.2) is 0 Å². The molecule has 3 rings (SSSR count). The minimum Gasteiger partial charge on any atom is -0.451 e. The summed E-state index contributed by atoms with van der Waals surface area (Å²) >= 11 is 4.34. The molecule has 3 aromatic rings. The zero-order valence-corrected chi connectivity index (χ0v) is 15.2. The summed E-state index contributed by atoms with van der Waals surface area (Å²) in [5, 5.41) is 3.45. The molecule has 1 N–H and O–H groups in total. The second-order valence-electron chi connectivity index (χ2n) is 5.62. The molecule has 27 heavy (non-hydrogen) atoms. The van der Waals surface area contributed by atoms with Crippen LogP contribution in [0.1, 0.15) is 15.9 Å². The van der Waals surface area contributed by atoms with Crippen LogP contribution in [0.25, 0.3) is 10.9 Å². The number of nitrogens with one attached hydrogen (secondary N) is 1. The lowest BCUT2D eigenvalue weighted by Gasteiger charge is -2.04. The first kappa shape index (κ1) is 18.5. The molecule has 0 saturated heterocycles. The molecule has 2 aromatic carbocycles. The number of hydrogen-bond acceptors (Lipinski definition) is 5. The minimum absolute atomic E-state index is 0.0317. The van der Waals surface area contributed by atoms with Crippen LogP contribution in [0.3, 0.4) is 0 Å². The smallest absolute Gasteiger partial charge is 0.384 e. The fraction of sp³-hybridized carbons (Fsp3) is 0.0952. The number of hydrogen-bond donors (Lipinski definition) is 2. The molecular formula is C21H16N2O3S. The molecule has 0 fully saturated rings. The lowest BCUT2D eigenvalue weighted by molar-refractivity contribution is -0.137. The molecule has 1 amide bonds. The van der Waals surface area contributed by atoms with Gasteiger partial charge < -0.3 is 10.1 Å². The Morgan fingerprint density at radius 2 is 1.93 bits per heavy atom. The number of rotatable bonds is 4. The van der Waals surface area contributed by atoms with E-state index >= 15 is 0 Å². The van der Waals surface area contributed by atoms with E-state index in [1.165, 1.54) is 6.20 Å². The molecule has 0 radical (unpaired) electrons. The zero-order chi connectivity index (χ0) is 19.1. The van der Waals surface area contributed by atoms with Crippen molar-refractivity contribution in [3.8, 4) is 11.8 Å². The molecule has 0 aliphatic rings. The van der Waals surface area contributed by atoms with E-state index in [0.29, 0.717) is 5.56 Å². The summed E-state index contributed by atoms with van der Waals surface area (Å²) in [6.07, 6.45) is 1.49. The van der Waals surface area contributed by atoms with E-state index in [1.807, 2.05) is 48.5 Å². The van der Waals surface area contributed by atoms with Gasteiger partial charge >= 0.3 is 5.97 Å². The fourth-order valence-electron chi connectivity index (χ4n) is 2.37. The van der Waals surface area contributed by atoms with Gasteiger partial charge in [-0.1, -0.05) is 48.4 Å². The third-order valence-corrected chi connectivity index (χ3v) is 4.05. The van der Waals surface area contributed by atoms with Crippen LogP contribution in [0.5, 0.6) is 0 Å². The van der Waals surface area contributed by atoms with Crippen molar-refractivity contribution in [3.63, 3.8) is 0 Å². The minimum atomic E-state index is -0.637. The second-order valence-corrected chi connectivity index (χ2v) is 6.10. The Morgan fingerprint density at radius 3 is 2.74 bits per heavy atom. The van der Waals surface area contributed by atoms with Crippen LogP contribution in [0.15, 0.2) is 65.7 Å². The Kier molecular flexibility index (Phi) is 6.08. The third kappa shape index (κ3) is 5.09. The number of esters is 1. The maximum atomic E-state index is 12.2. The Balaban J connectivity index is 1.51. The van der Waals surface area contributed by atoms with Gasteiger partial charge in [0.05, 0.1) is 17.6 Å². The van der Waals surface area contributed by atoms with Crippen molar-refractivity contribution < 1.29 is 14.3 Å². The van der Waals surface area contributed by atoms with Crippen molar-refractivity contribution in [2.45, 2.75) is 11.5 Å². The van der Waals surface area contributed by atoms with Crippen molar-refractivity contribution in [3.05, 3.63) is 71.9 Å². The molecule has 0 saturated carbocycles. The molecular weight excluding hydrogens is 360 g/mol. The monoisotopic (exact) mass is 376 g/mol. The van der Waals surface area contributed by atoms with Crippen LogP contribution in [0, 0.1) is 11.8 Å². The number of aromatic nitrogens is 1. The fourth-order valence-corrected chi connectivity index (χ4v) is 2.64. The van der Waals surface area contributed by atoms with Crippen LogP contribution in [0.4, 0.5) is 0 Å². The van der Waals surface area contributed by atoms with E-state index in [9.17, 15) is 9.59 Å². The molecule has 134 valence electrons. The standard InChI is InChI=1S/C21H16N2O3S/c24-19(26-14-15-6-2-1-3-7-15)10-5-11-22-21(25)17-12-16-8-4-9-18(27)20(16)23-13-17/h1-4,6-9,12-13,27H,11,14H2,(H,22,25). The SMILES string of the molecule is O=C(C#CCNC(=O)c1cnc2c(S)cccc2c1)OCc1ccccc1. The summed E-state index contributed by atoms with van der Waals surface area (Å²) in [5.41, 5.74) is 2.03. The van der Waals surface area contributed by atoms with E-state index < -0.39 is 5.97 Å². The highest BCUT2D eigenvalue weighted by Gasteiger charge is 2.07. The summed E-state index contributed by atoms with van der Waals surface area (Å²) in [4.78, 5) is 28.8. The van der Waals surface area contributed by atoms with Crippen molar-refractivity contribution >= 4 is 35.4 Å². The predicted molar refractivity (Wildman–Crippen MR) is 105 cm³/mol. The second kappa shape index (κ2) is 8.88. The average Bonchev–Trinajstić information content (AvgIpc) is 2.70. The number of carbonyl (C=O) groups is 2. The van der Waals surface area contributed by atoms with E-state index in [2.05, 4.69) is 34.8 Å². The number of carbonyl (C=O) groups excluding carboxylic acids is 2.